The number of halogens is 3. The molecule has 0 radical (unpaired) electrons. The molecule has 3 nitrogen and oxygen atoms in total. The molecular weight excluding hydrogens is 259 g/mol. The molecular formula is C13H14F3NO2. The highest BCUT2D eigenvalue weighted by atomic mass is 19.4. The number of aliphatic imine (C=N–C) groups is 1. The molecule has 0 atom stereocenters. The highest BCUT2D eigenvalue weighted by molar-refractivity contribution is 5.90. The quantitative estimate of drug-likeness (QED) is 0.724. The van der Waals surface area contributed by atoms with Gasteiger partial charge in [0.05, 0.1) is 5.56 Å². The summed E-state index contributed by atoms with van der Waals surface area (Å²) in [6.45, 7) is 4.93. The van der Waals surface area contributed by atoms with E-state index in [9.17, 15) is 18.0 Å². The van der Waals surface area contributed by atoms with Crippen LogP contribution in [0.15, 0.2) is 29.3 Å². The third-order valence-corrected chi connectivity index (χ3v) is 1.97. The van der Waals surface area contributed by atoms with Gasteiger partial charge in [-0.1, -0.05) is 18.2 Å². The standard InChI is InChI=1S/C13H14F3NO2/c1-12(2,3)19-11(18)17-8-9-6-4-5-7-10(9)13(14,15)16/h4-8H,1-3H3. The number of hydrogen-bond donors (Lipinski definition) is 0. The van der Waals surface area contributed by atoms with Crippen molar-refractivity contribution in [3.05, 3.63) is 35.4 Å². The predicted octanol–water partition coefficient (Wildman–Crippen LogP) is 4.06. The lowest BCUT2D eigenvalue weighted by atomic mass is 10.1. The smallest absolute Gasteiger partial charge is 0.434 e. The lowest BCUT2D eigenvalue weighted by Gasteiger charge is -2.17. The van der Waals surface area contributed by atoms with E-state index in [-0.39, 0.29) is 5.56 Å². The summed E-state index contributed by atoms with van der Waals surface area (Å²) in [6.07, 6.45) is -4.56. The van der Waals surface area contributed by atoms with Crippen molar-refractivity contribution in [2.45, 2.75) is 32.5 Å². The molecule has 0 aliphatic heterocycles. The van der Waals surface area contributed by atoms with E-state index < -0.39 is 23.4 Å². The molecule has 0 N–H and O–H groups in total. The van der Waals surface area contributed by atoms with Crippen molar-refractivity contribution in [2.24, 2.45) is 4.99 Å². The van der Waals surface area contributed by atoms with Gasteiger partial charge in [-0.2, -0.15) is 18.2 Å². The van der Waals surface area contributed by atoms with Crippen LogP contribution in [-0.2, 0) is 10.9 Å². The van der Waals surface area contributed by atoms with Gasteiger partial charge in [-0.05, 0) is 26.8 Å². The number of ether oxygens (including phenoxy) is 1. The first-order valence-corrected chi connectivity index (χ1v) is 5.53. The zero-order valence-corrected chi connectivity index (χ0v) is 10.8. The lowest BCUT2D eigenvalue weighted by molar-refractivity contribution is -0.137. The zero-order chi connectivity index (χ0) is 14.7. The topological polar surface area (TPSA) is 38.7 Å². The van der Waals surface area contributed by atoms with E-state index in [0.717, 1.165) is 12.3 Å². The molecule has 1 rings (SSSR count). The summed E-state index contributed by atoms with van der Waals surface area (Å²) in [5, 5.41) is 0. The Balaban J connectivity index is 2.92. The Kier molecular flexibility index (Phi) is 4.34. The number of rotatable bonds is 1. The van der Waals surface area contributed by atoms with Crippen LogP contribution in [0.25, 0.3) is 0 Å². The molecule has 1 aromatic rings. The molecule has 0 aromatic heterocycles. The maximum Gasteiger partial charge on any atom is 0.434 e. The van der Waals surface area contributed by atoms with Gasteiger partial charge in [0.1, 0.15) is 5.60 Å². The SMILES string of the molecule is CC(C)(C)OC(=O)N=Cc1ccccc1C(F)(F)F. The van der Waals surface area contributed by atoms with Gasteiger partial charge in [-0.3, -0.25) is 0 Å². The number of amides is 1. The van der Waals surface area contributed by atoms with Crippen LogP contribution < -0.4 is 0 Å². The Hall–Kier alpha value is -1.85. The second-order valence-corrected chi connectivity index (χ2v) is 4.82. The molecule has 0 spiro atoms. The molecule has 0 fully saturated rings. The van der Waals surface area contributed by atoms with E-state index in [2.05, 4.69) is 4.99 Å². The molecule has 0 aliphatic carbocycles. The van der Waals surface area contributed by atoms with Gasteiger partial charge >= 0.3 is 12.3 Å². The number of carbonyl (C=O) groups excluding carboxylic acids is 1. The van der Waals surface area contributed by atoms with Crippen LogP contribution in [0, 0.1) is 0 Å². The van der Waals surface area contributed by atoms with E-state index in [1.807, 2.05) is 0 Å². The van der Waals surface area contributed by atoms with Gasteiger partial charge < -0.3 is 4.74 Å². The van der Waals surface area contributed by atoms with Crippen LogP contribution in [-0.4, -0.2) is 17.9 Å². The van der Waals surface area contributed by atoms with Crippen molar-refractivity contribution >= 4 is 12.3 Å². The first-order valence-electron chi connectivity index (χ1n) is 5.53. The second-order valence-electron chi connectivity index (χ2n) is 4.82. The van der Waals surface area contributed by atoms with Gasteiger partial charge in [0.2, 0.25) is 0 Å². The fraction of sp³-hybridized carbons (Fsp3) is 0.385. The molecule has 0 unspecified atom stereocenters. The van der Waals surface area contributed by atoms with Crippen molar-refractivity contribution in [2.75, 3.05) is 0 Å². The Morgan fingerprint density at radius 2 is 1.79 bits per heavy atom. The minimum atomic E-state index is -4.49. The van der Waals surface area contributed by atoms with Gasteiger partial charge in [0, 0.05) is 11.8 Å². The Bertz CT molecular complexity index is 487. The first kappa shape index (κ1) is 15.2. The normalized spacial score (nSPS) is 12.7. The van der Waals surface area contributed by atoms with Crippen molar-refractivity contribution in [3.8, 4) is 0 Å². The number of hydrogen-bond acceptors (Lipinski definition) is 2. The third-order valence-electron chi connectivity index (χ3n) is 1.97. The Labute approximate surface area is 109 Å². The summed E-state index contributed by atoms with van der Waals surface area (Å²) >= 11 is 0. The Morgan fingerprint density at radius 1 is 1.21 bits per heavy atom. The molecule has 0 saturated heterocycles. The van der Waals surface area contributed by atoms with E-state index in [1.54, 1.807) is 20.8 Å². The van der Waals surface area contributed by atoms with Crippen molar-refractivity contribution < 1.29 is 22.7 Å². The maximum atomic E-state index is 12.7. The average molecular weight is 273 g/mol. The highest BCUT2D eigenvalue weighted by Gasteiger charge is 2.32. The summed E-state index contributed by atoms with van der Waals surface area (Å²) in [6, 6.07) is 4.87. The van der Waals surface area contributed by atoms with Gasteiger partial charge in [-0.15, -0.1) is 0 Å². The van der Waals surface area contributed by atoms with Gasteiger partial charge in [-0.25, -0.2) is 4.79 Å². The maximum absolute atomic E-state index is 12.7. The summed E-state index contributed by atoms with van der Waals surface area (Å²) in [5.74, 6) is 0. The molecule has 0 saturated carbocycles. The van der Waals surface area contributed by atoms with Crippen LogP contribution in [0.3, 0.4) is 0 Å². The number of benzene rings is 1. The van der Waals surface area contributed by atoms with Crippen molar-refractivity contribution in [1.29, 1.82) is 0 Å². The second kappa shape index (κ2) is 5.42. The predicted molar refractivity (Wildman–Crippen MR) is 65.3 cm³/mol. The monoisotopic (exact) mass is 273 g/mol. The molecule has 6 heteroatoms. The van der Waals surface area contributed by atoms with Crippen molar-refractivity contribution in [3.63, 3.8) is 0 Å². The molecule has 0 bridgehead atoms. The zero-order valence-electron chi connectivity index (χ0n) is 10.8. The van der Waals surface area contributed by atoms with Crippen LogP contribution >= 0.6 is 0 Å². The number of carbonyl (C=O) groups is 1. The van der Waals surface area contributed by atoms with Crippen LogP contribution in [0.4, 0.5) is 18.0 Å². The summed E-state index contributed by atoms with van der Waals surface area (Å²) in [5.41, 5.74) is -1.76. The van der Waals surface area contributed by atoms with E-state index in [1.165, 1.54) is 18.2 Å². The average Bonchev–Trinajstić information content (AvgIpc) is 2.23. The molecule has 19 heavy (non-hydrogen) atoms. The summed E-state index contributed by atoms with van der Waals surface area (Å²) in [4.78, 5) is 14.7. The molecule has 1 amide bonds. The lowest BCUT2D eigenvalue weighted by Crippen LogP contribution is -2.22. The summed E-state index contributed by atoms with van der Waals surface area (Å²) in [7, 11) is 0. The van der Waals surface area contributed by atoms with E-state index in [0.29, 0.717) is 0 Å². The molecule has 1 aromatic carbocycles. The minimum Gasteiger partial charge on any atom is -0.442 e. The first-order chi connectivity index (χ1) is 8.59. The largest absolute Gasteiger partial charge is 0.442 e. The van der Waals surface area contributed by atoms with E-state index >= 15 is 0 Å². The van der Waals surface area contributed by atoms with E-state index in [4.69, 9.17) is 4.74 Å². The Morgan fingerprint density at radius 3 is 2.32 bits per heavy atom. The third kappa shape index (κ3) is 5.11. The molecule has 0 aliphatic rings. The van der Waals surface area contributed by atoms with Crippen LogP contribution in [0.1, 0.15) is 31.9 Å². The minimum absolute atomic E-state index is 0.180. The highest BCUT2D eigenvalue weighted by Crippen LogP contribution is 2.31. The van der Waals surface area contributed by atoms with Crippen LogP contribution in [0.2, 0.25) is 0 Å². The number of nitrogens with zero attached hydrogens (tertiary/aromatic N) is 1. The fourth-order valence-corrected chi connectivity index (χ4v) is 1.28. The summed E-state index contributed by atoms with van der Waals surface area (Å²) < 4.78 is 42.9. The van der Waals surface area contributed by atoms with Crippen LogP contribution in [0.5, 0.6) is 0 Å². The number of alkyl halides is 3. The van der Waals surface area contributed by atoms with Crippen molar-refractivity contribution in [1.82, 2.24) is 0 Å². The molecule has 0 heterocycles. The fourth-order valence-electron chi connectivity index (χ4n) is 1.28. The molecule has 104 valence electrons. The van der Waals surface area contributed by atoms with Gasteiger partial charge in [0.15, 0.2) is 0 Å². The van der Waals surface area contributed by atoms with Gasteiger partial charge in [0.25, 0.3) is 0 Å².